The van der Waals surface area contributed by atoms with Crippen LogP contribution in [0.5, 0.6) is 0 Å². The fourth-order valence-corrected chi connectivity index (χ4v) is 1.53. The van der Waals surface area contributed by atoms with E-state index in [1.165, 1.54) is 0 Å². The number of rotatable bonds is 5. The molecule has 0 heterocycles. The fourth-order valence-electron chi connectivity index (χ4n) is 1.53. The predicted octanol–water partition coefficient (Wildman–Crippen LogP) is 3.31. The van der Waals surface area contributed by atoms with E-state index in [4.69, 9.17) is 5.11 Å². The second kappa shape index (κ2) is 4.12. The Hall–Kier alpha value is -0.530. The zero-order valence-electron chi connectivity index (χ0n) is 9.48. The number of aliphatic carboxylic acids is 1. The van der Waals surface area contributed by atoms with E-state index in [2.05, 4.69) is 20.8 Å². The Labute approximate surface area is 81.3 Å². The maximum absolute atomic E-state index is 11.0. The van der Waals surface area contributed by atoms with Crippen molar-refractivity contribution in [2.24, 2.45) is 10.8 Å². The third-order valence-corrected chi connectivity index (χ3v) is 3.12. The van der Waals surface area contributed by atoms with Crippen molar-refractivity contribution in [1.29, 1.82) is 0 Å². The molecule has 0 aliphatic carbocycles. The number of carboxylic acids is 1. The highest BCUT2D eigenvalue weighted by atomic mass is 16.4. The molecule has 0 rings (SSSR count). The van der Waals surface area contributed by atoms with E-state index >= 15 is 0 Å². The van der Waals surface area contributed by atoms with Crippen molar-refractivity contribution in [3.8, 4) is 0 Å². The standard InChI is InChI=1S/C11H22O2/c1-6-10(3,4)8-11(5,7-2)9(12)13/h6-8H2,1-5H3,(H,12,13). The predicted molar refractivity (Wildman–Crippen MR) is 54.7 cm³/mol. The minimum atomic E-state index is -0.670. The molecule has 1 unspecified atom stereocenters. The van der Waals surface area contributed by atoms with Gasteiger partial charge in [-0.2, -0.15) is 0 Å². The molecule has 0 aliphatic heterocycles. The van der Waals surface area contributed by atoms with Gasteiger partial charge in [0.25, 0.3) is 0 Å². The lowest BCUT2D eigenvalue weighted by Crippen LogP contribution is -2.32. The van der Waals surface area contributed by atoms with Crippen LogP contribution in [-0.2, 0) is 4.79 Å². The molecule has 1 atom stereocenters. The molecule has 0 aliphatic rings. The zero-order valence-corrected chi connectivity index (χ0v) is 9.48. The summed E-state index contributed by atoms with van der Waals surface area (Å²) in [7, 11) is 0. The van der Waals surface area contributed by atoms with Crippen molar-refractivity contribution in [2.75, 3.05) is 0 Å². The highest BCUT2D eigenvalue weighted by molar-refractivity contribution is 5.74. The van der Waals surface area contributed by atoms with E-state index in [0.717, 1.165) is 12.8 Å². The van der Waals surface area contributed by atoms with Crippen LogP contribution in [0.4, 0.5) is 0 Å². The van der Waals surface area contributed by atoms with Gasteiger partial charge in [-0.25, -0.2) is 0 Å². The minimum Gasteiger partial charge on any atom is -0.481 e. The molecular formula is C11H22O2. The summed E-state index contributed by atoms with van der Waals surface area (Å²) in [5.41, 5.74) is -0.428. The largest absolute Gasteiger partial charge is 0.481 e. The highest BCUT2D eigenvalue weighted by Gasteiger charge is 2.36. The first kappa shape index (κ1) is 12.5. The normalized spacial score (nSPS) is 16.7. The number of carbonyl (C=O) groups is 1. The summed E-state index contributed by atoms with van der Waals surface area (Å²) in [6, 6.07) is 0. The van der Waals surface area contributed by atoms with Crippen molar-refractivity contribution in [2.45, 2.75) is 53.9 Å². The lowest BCUT2D eigenvalue weighted by Gasteiger charge is -2.33. The van der Waals surface area contributed by atoms with Crippen molar-refractivity contribution >= 4 is 5.97 Å². The Morgan fingerprint density at radius 3 is 1.85 bits per heavy atom. The van der Waals surface area contributed by atoms with E-state index in [0.29, 0.717) is 6.42 Å². The first-order valence-electron chi connectivity index (χ1n) is 5.01. The van der Waals surface area contributed by atoms with Gasteiger partial charge in [-0.3, -0.25) is 4.79 Å². The Bertz CT molecular complexity index is 185. The van der Waals surface area contributed by atoms with Crippen LogP contribution in [0, 0.1) is 10.8 Å². The molecule has 78 valence electrons. The van der Waals surface area contributed by atoms with Crippen LogP contribution in [-0.4, -0.2) is 11.1 Å². The van der Waals surface area contributed by atoms with Crippen molar-refractivity contribution in [1.82, 2.24) is 0 Å². The second-order valence-electron chi connectivity index (χ2n) is 4.91. The van der Waals surface area contributed by atoms with Gasteiger partial charge in [-0.05, 0) is 25.2 Å². The third kappa shape index (κ3) is 3.37. The van der Waals surface area contributed by atoms with Gasteiger partial charge in [0.15, 0.2) is 0 Å². The summed E-state index contributed by atoms with van der Waals surface area (Å²) < 4.78 is 0. The second-order valence-corrected chi connectivity index (χ2v) is 4.91. The van der Waals surface area contributed by atoms with E-state index in [1.54, 1.807) is 0 Å². The van der Waals surface area contributed by atoms with Gasteiger partial charge < -0.3 is 5.11 Å². The quantitative estimate of drug-likeness (QED) is 0.715. The Balaban J connectivity index is 4.54. The van der Waals surface area contributed by atoms with Crippen LogP contribution in [0.3, 0.4) is 0 Å². The minimum absolute atomic E-state index is 0.128. The van der Waals surface area contributed by atoms with Gasteiger partial charge >= 0.3 is 5.97 Å². The van der Waals surface area contributed by atoms with Crippen LogP contribution in [0.1, 0.15) is 53.9 Å². The summed E-state index contributed by atoms with van der Waals surface area (Å²) in [6.45, 7) is 10.2. The van der Waals surface area contributed by atoms with Gasteiger partial charge in [0.05, 0.1) is 5.41 Å². The molecule has 0 amide bonds. The van der Waals surface area contributed by atoms with E-state index in [1.807, 2.05) is 13.8 Å². The first-order valence-corrected chi connectivity index (χ1v) is 5.01. The maximum Gasteiger partial charge on any atom is 0.309 e. The molecule has 0 aromatic rings. The molecule has 0 aromatic carbocycles. The molecule has 2 nitrogen and oxygen atoms in total. The summed E-state index contributed by atoms with van der Waals surface area (Å²) in [6.07, 6.45) is 2.48. The highest BCUT2D eigenvalue weighted by Crippen LogP contribution is 2.38. The average molecular weight is 186 g/mol. The third-order valence-electron chi connectivity index (χ3n) is 3.12. The topological polar surface area (TPSA) is 37.3 Å². The summed E-state index contributed by atoms with van der Waals surface area (Å²) >= 11 is 0. The molecule has 0 spiro atoms. The molecule has 1 N–H and O–H groups in total. The van der Waals surface area contributed by atoms with Crippen LogP contribution >= 0.6 is 0 Å². The number of hydrogen-bond donors (Lipinski definition) is 1. The van der Waals surface area contributed by atoms with Gasteiger partial charge in [0.2, 0.25) is 0 Å². The van der Waals surface area contributed by atoms with Crippen LogP contribution < -0.4 is 0 Å². The maximum atomic E-state index is 11.0. The molecule has 13 heavy (non-hydrogen) atoms. The number of carboxylic acid groups (broad SMARTS) is 1. The Morgan fingerprint density at radius 1 is 1.15 bits per heavy atom. The average Bonchev–Trinajstić information content (AvgIpc) is 2.03. The Kier molecular flexibility index (Phi) is 3.95. The van der Waals surface area contributed by atoms with Crippen molar-refractivity contribution in [3.63, 3.8) is 0 Å². The molecule has 0 aromatic heterocycles. The van der Waals surface area contributed by atoms with E-state index in [9.17, 15) is 4.79 Å². The van der Waals surface area contributed by atoms with Crippen LogP contribution in [0.2, 0.25) is 0 Å². The lowest BCUT2D eigenvalue weighted by molar-refractivity contribution is -0.150. The van der Waals surface area contributed by atoms with Crippen molar-refractivity contribution < 1.29 is 9.90 Å². The van der Waals surface area contributed by atoms with E-state index in [-0.39, 0.29) is 5.41 Å². The lowest BCUT2D eigenvalue weighted by atomic mass is 9.71. The first-order chi connectivity index (χ1) is 5.77. The summed E-state index contributed by atoms with van der Waals surface area (Å²) in [5, 5.41) is 9.09. The van der Waals surface area contributed by atoms with Gasteiger partial charge in [-0.1, -0.05) is 34.1 Å². The molecule has 0 saturated heterocycles. The number of hydrogen-bond acceptors (Lipinski definition) is 1. The summed E-state index contributed by atoms with van der Waals surface area (Å²) in [5.74, 6) is -0.670. The van der Waals surface area contributed by atoms with Crippen LogP contribution in [0.15, 0.2) is 0 Å². The van der Waals surface area contributed by atoms with Gasteiger partial charge in [-0.15, -0.1) is 0 Å². The SMILES string of the molecule is CCC(C)(C)CC(C)(CC)C(=O)O. The fraction of sp³-hybridized carbons (Fsp3) is 0.909. The van der Waals surface area contributed by atoms with E-state index < -0.39 is 11.4 Å². The molecular weight excluding hydrogens is 164 g/mol. The van der Waals surface area contributed by atoms with Crippen molar-refractivity contribution in [3.05, 3.63) is 0 Å². The monoisotopic (exact) mass is 186 g/mol. The molecule has 0 saturated carbocycles. The molecule has 0 radical (unpaired) electrons. The smallest absolute Gasteiger partial charge is 0.309 e. The molecule has 0 bridgehead atoms. The zero-order chi connectivity index (χ0) is 10.7. The van der Waals surface area contributed by atoms with Crippen LogP contribution in [0.25, 0.3) is 0 Å². The molecule has 0 fully saturated rings. The van der Waals surface area contributed by atoms with Gasteiger partial charge in [0, 0.05) is 0 Å². The summed E-state index contributed by atoms with van der Waals surface area (Å²) in [4.78, 5) is 11.0. The van der Waals surface area contributed by atoms with Gasteiger partial charge in [0.1, 0.15) is 0 Å². The Morgan fingerprint density at radius 2 is 1.62 bits per heavy atom. The molecule has 2 heteroatoms.